The van der Waals surface area contributed by atoms with Gasteiger partial charge in [-0.25, -0.2) is 0 Å². The van der Waals surface area contributed by atoms with Gasteiger partial charge in [-0.05, 0) is 37.0 Å². The minimum atomic E-state index is -0.461. The van der Waals surface area contributed by atoms with E-state index in [4.69, 9.17) is 11.5 Å². The Labute approximate surface area is 126 Å². The second-order valence-corrected chi connectivity index (χ2v) is 7.35. The van der Waals surface area contributed by atoms with Crippen LogP contribution in [0.15, 0.2) is 23.1 Å². The molecule has 0 radical (unpaired) electrons. The van der Waals surface area contributed by atoms with Crippen LogP contribution in [-0.4, -0.2) is 22.7 Å². The fourth-order valence-corrected chi connectivity index (χ4v) is 3.97. The number of hydrogen-bond donors (Lipinski definition) is 4. The number of thioether (sulfide) groups is 2. The Balaban J connectivity index is 1.58. The molecule has 1 saturated carbocycles. The summed E-state index contributed by atoms with van der Waals surface area (Å²) >= 11 is 3.12. The van der Waals surface area contributed by atoms with Crippen molar-refractivity contribution < 1.29 is 4.79 Å². The van der Waals surface area contributed by atoms with Gasteiger partial charge < -0.3 is 22.1 Å². The molecule has 3 rings (SSSR count). The first kappa shape index (κ1) is 14.1. The van der Waals surface area contributed by atoms with Crippen molar-refractivity contribution in [2.75, 3.05) is 11.2 Å². The van der Waals surface area contributed by atoms with Gasteiger partial charge in [0.2, 0.25) is 0 Å². The van der Waals surface area contributed by atoms with Gasteiger partial charge in [0.15, 0.2) is 0 Å². The monoisotopic (exact) mass is 310 g/mol. The summed E-state index contributed by atoms with van der Waals surface area (Å²) in [7, 11) is 0. The van der Waals surface area contributed by atoms with E-state index in [1.54, 1.807) is 11.8 Å². The number of benzene rings is 1. The van der Waals surface area contributed by atoms with Crippen LogP contribution in [0.4, 0.5) is 5.69 Å². The maximum absolute atomic E-state index is 12.1. The standard InChI is InChI=1S/C13H18N4OS2/c14-11(7-1-2-7)20-13(15)17-12(18)8-3-4-9-10(5-8)19-6-16-9/h3-5,7,11,13,16H,1-2,6,14-15H2,(H,17,18). The molecule has 1 aromatic rings. The number of fused-ring (bicyclic) bond motifs is 1. The minimum Gasteiger partial charge on any atom is -0.375 e. The zero-order valence-corrected chi connectivity index (χ0v) is 12.6. The maximum atomic E-state index is 12.1. The number of rotatable bonds is 5. The van der Waals surface area contributed by atoms with Crippen molar-refractivity contribution >= 4 is 35.1 Å². The molecular weight excluding hydrogens is 292 g/mol. The Morgan fingerprint density at radius 2 is 2.25 bits per heavy atom. The third-order valence-corrected chi connectivity index (χ3v) is 5.45. The second-order valence-electron chi connectivity index (χ2n) is 5.01. The molecule has 1 fully saturated rings. The van der Waals surface area contributed by atoms with E-state index in [2.05, 4.69) is 10.6 Å². The zero-order chi connectivity index (χ0) is 14.1. The lowest BCUT2D eigenvalue weighted by atomic mass is 10.2. The summed E-state index contributed by atoms with van der Waals surface area (Å²) in [6.45, 7) is 0. The summed E-state index contributed by atoms with van der Waals surface area (Å²) in [5.74, 6) is 1.26. The van der Waals surface area contributed by atoms with Crippen LogP contribution in [-0.2, 0) is 0 Å². The van der Waals surface area contributed by atoms with Crippen LogP contribution in [0.3, 0.4) is 0 Å². The number of amides is 1. The van der Waals surface area contributed by atoms with E-state index in [0.29, 0.717) is 11.5 Å². The van der Waals surface area contributed by atoms with Crippen LogP contribution in [0.5, 0.6) is 0 Å². The molecule has 0 bridgehead atoms. The predicted molar refractivity (Wildman–Crippen MR) is 84.5 cm³/mol. The Kier molecular flexibility index (Phi) is 4.11. The molecule has 108 valence electrons. The molecule has 1 aromatic carbocycles. The third-order valence-electron chi connectivity index (χ3n) is 3.40. The van der Waals surface area contributed by atoms with Gasteiger partial charge in [-0.1, -0.05) is 0 Å². The smallest absolute Gasteiger partial charge is 0.253 e. The first-order valence-corrected chi connectivity index (χ1v) is 8.54. The van der Waals surface area contributed by atoms with Crippen molar-refractivity contribution in [3.05, 3.63) is 23.8 Å². The molecule has 1 heterocycles. The fourth-order valence-electron chi connectivity index (χ4n) is 2.07. The van der Waals surface area contributed by atoms with E-state index in [0.717, 1.165) is 16.5 Å². The molecule has 6 N–H and O–H groups in total. The number of nitrogens with one attached hydrogen (secondary N) is 2. The maximum Gasteiger partial charge on any atom is 0.253 e. The lowest BCUT2D eigenvalue weighted by Gasteiger charge is -2.18. The SMILES string of the molecule is NC(NC(=O)c1ccc2c(c1)SCN2)SC(N)C1CC1. The number of carbonyl (C=O) groups is 1. The highest BCUT2D eigenvalue weighted by Crippen LogP contribution is 2.37. The molecule has 1 amide bonds. The molecule has 20 heavy (non-hydrogen) atoms. The summed E-state index contributed by atoms with van der Waals surface area (Å²) in [6, 6.07) is 5.64. The van der Waals surface area contributed by atoms with Crippen molar-refractivity contribution in [1.82, 2.24) is 5.32 Å². The number of carbonyl (C=O) groups excluding carboxylic acids is 1. The van der Waals surface area contributed by atoms with Gasteiger partial charge in [-0.2, -0.15) is 0 Å². The molecular formula is C13H18N4OS2. The van der Waals surface area contributed by atoms with E-state index in [1.807, 2.05) is 18.2 Å². The topological polar surface area (TPSA) is 93.2 Å². The lowest BCUT2D eigenvalue weighted by molar-refractivity contribution is 0.0950. The van der Waals surface area contributed by atoms with E-state index in [9.17, 15) is 4.79 Å². The van der Waals surface area contributed by atoms with Gasteiger partial charge in [-0.15, -0.1) is 23.5 Å². The molecule has 5 nitrogen and oxygen atoms in total. The quantitative estimate of drug-likeness (QED) is 0.617. The summed E-state index contributed by atoms with van der Waals surface area (Å²) in [6.07, 6.45) is 2.34. The Morgan fingerprint density at radius 1 is 1.45 bits per heavy atom. The Bertz CT molecular complexity index is 521. The highest BCUT2D eigenvalue weighted by molar-refractivity contribution is 8.00. The molecule has 2 unspecified atom stereocenters. The van der Waals surface area contributed by atoms with Crippen LogP contribution >= 0.6 is 23.5 Å². The van der Waals surface area contributed by atoms with Crippen molar-refractivity contribution in [3.63, 3.8) is 0 Å². The summed E-state index contributed by atoms with van der Waals surface area (Å²) in [4.78, 5) is 13.3. The van der Waals surface area contributed by atoms with Crippen LogP contribution in [0.2, 0.25) is 0 Å². The van der Waals surface area contributed by atoms with Crippen molar-refractivity contribution in [2.24, 2.45) is 17.4 Å². The van der Waals surface area contributed by atoms with Crippen LogP contribution in [0.1, 0.15) is 23.2 Å². The molecule has 1 aliphatic carbocycles. The van der Waals surface area contributed by atoms with Gasteiger partial charge in [0, 0.05) is 16.1 Å². The molecule has 0 spiro atoms. The third kappa shape index (κ3) is 3.22. The van der Waals surface area contributed by atoms with Gasteiger partial charge in [0.25, 0.3) is 5.91 Å². The Morgan fingerprint density at radius 3 is 3.00 bits per heavy atom. The largest absolute Gasteiger partial charge is 0.375 e. The average Bonchev–Trinajstić information content (AvgIpc) is 3.16. The van der Waals surface area contributed by atoms with Crippen LogP contribution in [0.25, 0.3) is 0 Å². The number of hydrogen-bond acceptors (Lipinski definition) is 6. The second kappa shape index (κ2) is 5.85. The van der Waals surface area contributed by atoms with Crippen molar-refractivity contribution in [1.29, 1.82) is 0 Å². The highest BCUT2D eigenvalue weighted by Gasteiger charge is 2.30. The fraction of sp³-hybridized carbons (Fsp3) is 0.462. The molecule has 2 atom stereocenters. The molecule has 0 aromatic heterocycles. The lowest BCUT2D eigenvalue weighted by Crippen LogP contribution is -2.41. The van der Waals surface area contributed by atoms with Crippen LogP contribution in [0, 0.1) is 5.92 Å². The normalized spacial score (nSPS) is 19.9. The van der Waals surface area contributed by atoms with Gasteiger partial charge in [0.1, 0.15) is 5.50 Å². The Hall–Kier alpha value is -0.890. The van der Waals surface area contributed by atoms with E-state index in [-0.39, 0.29) is 11.3 Å². The first-order chi connectivity index (χ1) is 9.63. The van der Waals surface area contributed by atoms with E-state index >= 15 is 0 Å². The van der Waals surface area contributed by atoms with Gasteiger partial charge >= 0.3 is 0 Å². The van der Waals surface area contributed by atoms with Gasteiger partial charge in [0.05, 0.1) is 11.3 Å². The van der Waals surface area contributed by atoms with Crippen LogP contribution < -0.4 is 22.1 Å². The van der Waals surface area contributed by atoms with Crippen molar-refractivity contribution in [3.8, 4) is 0 Å². The average molecular weight is 310 g/mol. The first-order valence-electron chi connectivity index (χ1n) is 6.62. The summed E-state index contributed by atoms with van der Waals surface area (Å²) in [5, 5.41) is 6.05. The van der Waals surface area contributed by atoms with E-state index in [1.165, 1.54) is 24.6 Å². The van der Waals surface area contributed by atoms with Gasteiger partial charge in [-0.3, -0.25) is 4.79 Å². The van der Waals surface area contributed by atoms with Crippen molar-refractivity contribution in [2.45, 2.75) is 28.6 Å². The molecule has 7 heteroatoms. The predicted octanol–water partition coefficient (Wildman–Crippen LogP) is 1.56. The number of anilines is 1. The molecule has 0 saturated heterocycles. The summed E-state index contributed by atoms with van der Waals surface area (Å²) in [5.41, 5.74) is 13.2. The number of nitrogens with two attached hydrogens (primary N) is 2. The molecule has 2 aliphatic rings. The summed E-state index contributed by atoms with van der Waals surface area (Å²) < 4.78 is 0. The molecule has 1 aliphatic heterocycles. The zero-order valence-electron chi connectivity index (χ0n) is 11.0. The van der Waals surface area contributed by atoms with E-state index < -0.39 is 5.50 Å². The minimum absolute atomic E-state index is 0.0186. The highest BCUT2D eigenvalue weighted by atomic mass is 32.2.